The van der Waals surface area contributed by atoms with Crippen molar-refractivity contribution in [2.24, 2.45) is 5.92 Å². The van der Waals surface area contributed by atoms with Gasteiger partial charge < -0.3 is 14.7 Å². The zero-order valence-electron chi connectivity index (χ0n) is 16.5. The molecule has 1 atom stereocenters. The van der Waals surface area contributed by atoms with E-state index in [-0.39, 0.29) is 23.8 Å². The maximum atomic E-state index is 12.4. The Morgan fingerprint density at radius 3 is 2.86 bits per heavy atom. The fraction of sp³-hybridized carbons (Fsp3) is 0.714. The van der Waals surface area contributed by atoms with E-state index < -0.39 is 0 Å². The number of nitrogens with zero attached hydrogens (tertiary/aromatic N) is 3. The molecule has 1 aliphatic heterocycles. The van der Waals surface area contributed by atoms with Gasteiger partial charge >= 0.3 is 0 Å². The molecular weight excluding hydrogens is 356 g/mol. The van der Waals surface area contributed by atoms with E-state index in [0.29, 0.717) is 31.1 Å². The van der Waals surface area contributed by atoms with Crippen LogP contribution in [0.2, 0.25) is 0 Å². The molecule has 1 aromatic rings. The summed E-state index contributed by atoms with van der Waals surface area (Å²) in [6.07, 6.45) is 12.8. The summed E-state index contributed by atoms with van der Waals surface area (Å²) in [6.45, 7) is 1.47. The van der Waals surface area contributed by atoms with Crippen molar-refractivity contribution in [2.45, 2.75) is 76.7 Å². The standard InChI is InChI=1S/C21H30N4O3/c26-18(22-13-12-15-5-2-1-3-6-15)10-11-19-23-20(24-28-19)17-7-4-14-25(17)21(27)16-8-9-16/h5,16-17H,1-4,6-14H2,(H,22,26). The summed E-state index contributed by atoms with van der Waals surface area (Å²) in [5.41, 5.74) is 1.47. The topological polar surface area (TPSA) is 88.3 Å². The molecule has 28 heavy (non-hydrogen) atoms. The molecule has 4 rings (SSSR count). The predicted octanol–water partition coefficient (Wildman–Crippen LogP) is 3.08. The number of hydrogen-bond acceptors (Lipinski definition) is 5. The number of rotatable bonds is 8. The van der Waals surface area contributed by atoms with E-state index in [4.69, 9.17) is 4.52 Å². The summed E-state index contributed by atoms with van der Waals surface area (Å²) in [6, 6.07) is -0.0665. The normalized spacial score (nSPS) is 22.2. The van der Waals surface area contributed by atoms with Crippen LogP contribution in [0.1, 0.15) is 82.0 Å². The Balaban J connectivity index is 1.21. The average molecular weight is 386 g/mol. The molecule has 2 amide bonds. The summed E-state index contributed by atoms with van der Waals surface area (Å²) in [4.78, 5) is 30.9. The van der Waals surface area contributed by atoms with E-state index >= 15 is 0 Å². The molecule has 7 nitrogen and oxygen atoms in total. The first kappa shape index (κ1) is 19.2. The van der Waals surface area contributed by atoms with Gasteiger partial charge in [-0.15, -0.1) is 0 Å². The van der Waals surface area contributed by atoms with Crippen LogP contribution in [-0.2, 0) is 16.0 Å². The van der Waals surface area contributed by atoms with Crippen molar-refractivity contribution in [3.8, 4) is 0 Å². The predicted molar refractivity (Wildman–Crippen MR) is 103 cm³/mol. The molecular formula is C21H30N4O3. The Hall–Kier alpha value is -2.18. The van der Waals surface area contributed by atoms with E-state index in [2.05, 4.69) is 21.5 Å². The number of allylic oxidation sites excluding steroid dienone is 1. The number of aryl methyl sites for hydroxylation is 1. The third-order valence-electron chi connectivity index (χ3n) is 5.96. The molecule has 1 saturated heterocycles. The number of nitrogens with one attached hydrogen (secondary N) is 1. The van der Waals surface area contributed by atoms with Gasteiger partial charge in [-0.05, 0) is 57.8 Å². The van der Waals surface area contributed by atoms with Crippen molar-refractivity contribution in [3.63, 3.8) is 0 Å². The number of aromatic nitrogens is 2. The monoisotopic (exact) mass is 386 g/mol. The highest BCUT2D eigenvalue weighted by atomic mass is 16.5. The van der Waals surface area contributed by atoms with Gasteiger partial charge in [0.25, 0.3) is 0 Å². The van der Waals surface area contributed by atoms with Gasteiger partial charge in [0.1, 0.15) is 0 Å². The fourth-order valence-electron chi connectivity index (χ4n) is 4.17. The minimum Gasteiger partial charge on any atom is -0.356 e. The van der Waals surface area contributed by atoms with Crippen LogP contribution in [0.5, 0.6) is 0 Å². The minimum absolute atomic E-state index is 0.0163. The van der Waals surface area contributed by atoms with E-state index in [1.807, 2.05) is 4.90 Å². The first-order valence-electron chi connectivity index (χ1n) is 10.8. The summed E-state index contributed by atoms with van der Waals surface area (Å²) in [7, 11) is 0. The molecule has 0 aromatic carbocycles. The van der Waals surface area contributed by atoms with Crippen molar-refractivity contribution in [2.75, 3.05) is 13.1 Å². The van der Waals surface area contributed by atoms with E-state index in [1.54, 1.807) is 0 Å². The van der Waals surface area contributed by atoms with Crippen LogP contribution in [0.4, 0.5) is 0 Å². The zero-order chi connectivity index (χ0) is 19.3. The Bertz CT molecular complexity index is 738. The molecule has 0 radical (unpaired) electrons. The summed E-state index contributed by atoms with van der Waals surface area (Å²) in [5, 5.41) is 7.07. The van der Waals surface area contributed by atoms with Crippen molar-refractivity contribution >= 4 is 11.8 Å². The Kier molecular flexibility index (Phi) is 6.07. The Morgan fingerprint density at radius 2 is 2.07 bits per heavy atom. The first-order chi connectivity index (χ1) is 13.7. The molecule has 152 valence electrons. The molecule has 2 fully saturated rings. The highest BCUT2D eigenvalue weighted by Gasteiger charge is 2.40. The SMILES string of the molecule is O=C(CCc1nc(C2CCCN2C(=O)C2CC2)no1)NCCC1=CCCCC1. The van der Waals surface area contributed by atoms with Gasteiger partial charge in [0, 0.05) is 31.8 Å². The van der Waals surface area contributed by atoms with Crippen LogP contribution in [0.15, 0.2) is 16.2 Å². The maximum absolute atomic E-state index is 12.4. The lowest BCUT2D eigenvalue weighted by molar-refractivity contribution is -0.133. The molecule has 7 heteroatoms. The molecule has 0 spiro atoms. The van der Waals surface area contributed by atoms with Gasteiger partial charge in [-0.3, -0.25) is 9.59 Å². The zero-order valence-corrected chi connectivity index (χ0v) is 16.5. The quantitative estimate of drug-likeness (QED) is 0.694. The van der Waals surface area contributed by atoms with E-state index in [9.17, 15) is 9.59 Å². The highest BCUT2D eigenvalue weighted by Crippen LogP contribution is 2.37. The van der Waals surface area contributed by atoms with Crippen LogP contribution in [0.25, 0.3) is 0 Å². The lowest BCUT2D eigenvalue weighted by Crippen LogP contribution is -2.32. The van der Waals surface area contributed by atoms with Crippen molar-refractivity contribution < 1.29 is 14.1 Å². The number of amides is 2. The first-order valence-corrected chi connectivity index (χ1v) is 10.8. The summed E-state index contributed by atoms with van der Waals surface area (Å²) >= 11 is 0. The molecule has 3 aliphatic rings. The van der Waals surface area contributed by atoms with Crippen LogP contribution < -0.4 is 5.32 Å². The van der Waals surface area contributed by atoms with Crippen LogP contribution in [-0.4, -0.2) is 39.9 Å². The van der Waals surface area contributed by atoms with Crippen molar-refractivity contribution in [1.82, 2.24) is 20.4 Å². The number of hydrogen-bond donors (Lipinski definition) is 1. The number of carbonyl (C=O) groups is 2. The lowest BCUT2D eigenvalue weighted by Gasteiger charge is -2.21. The van der Waals surface area contributed by atoms with Crippen LogP contribution >= 0.6 is 0 Å². The molecule has 2 heterocycles. The van der Waals surface area contributed by atoms with Gasteiger partial charge in [-0.25, -0.2) is 0 Å². The highest BCUT2D eigenvalue weighted by molar-refractivity contribution is 5.81. The number of likely N-dealkylation sites (tertiary alicyclic amines) is 1. The van der Waals surface area contributed by atoms with Crippen molar-refractivity contribution in [1.29, 1.82) is 0 Å². The average Bonchev–Trinajstić information content (AvgIpc) is 3.26. The fourth-order valence-corrected chi connectivity index (χ4v) is 4.17. The maximum Gasteiger partial charge on any atom is 0.227 e. The summed E-state index contributed by atoms with van der Waals surface area (Å²) < 4.78 is 5.34. The third-order valence-corrected chi connectivity index (χ3v) is 5.96. The largest absolute Gasteiger partial charge is 0.356 e. The van der Waals surface area contributed by atoms with Gasteiger partial charge in [-0.2, -0.15) is 4.98 Å². The van der Waals surface area contributed by atoms with Crippen molar-refractivity contribution in [3.05, 3.63) is 23.4 Å². The second-order valence-corrected chi connectivity index (χ2v) is 8.22. The molecule has 1 aromatic heterocycles. The molecule has 2 aliphatic carbocycles. The summed E-state index contributed by atoms with van der Waals surface area (Å²) in [5.74, 6) is 1.53. The van der Waals surface area contributed by atoms with Gasteiger partial charge in [0.05, 0.1) is 6.04 Å². The molecule has 1 unspecified atom stereocenters. The van der Waals surface area contributed by atoms with Gasteiger partial charge in [0.2, 0.25) is 17.7 Å². The lowest BCUT2D eigenvalue weighted by atomic mass is 9.97. The minimum atomic E-state index is -0.0665. The molecule has 0 bridgehead atoms. The Morgan fingerprint density at radius 1 is 1.18 bits per heavy atom. The van der Waals surface area contributed by atoms with E-state index in [0.717, 1.165) is 38.6 Å². The second kappa shape index (κ2) is 8.88. The van der Waals surface area contributed by atoms with Crippen LogP contribution in [0.3, 0.4) is 0 Å². The molecule has 1 saturated carbocycles. The molecule has 1 N–H and O–H groups in total. The number of carbonyl (C=O) groups excluding carboxylic acids is 2. The smallest absolute Gasteiger partial charge is 0.227 e. The van der Waals surface area contributed by atoms with Crippen LogP contribution in [0, 0.1) is 5.92 Å². The van der Waals surface area contributed by atoms with E-state index in [1.165, 1.54) is 31.3 Å². The third kappa shape index (κ3) is 4.80. The van der Waals surface area contributed by atoms with Gasteiger partial charge in [0.15, 0.2) is 5.82 Å². The second-order valence-electron chi connectivity index (χ2n) is 8.22. The Labute approximate surface area is 165 Å². The van der Waals surface area contributed by atoms with Gasteiger partial charge in [-0.1, -0.05) is 16.8 Å².